The number of carbonyl (C=O) groups excluding carboxylic acids is 2. The number of ketones is 1. The van der Waals surface area contributed by atoms with Gasteiger partial charge in [-0.05, 0) is 35.9 Å². The van der Waals surface area contributed by atoms with E-state index in [0.717, 1.165) is 21.7 Å². The SMILES string of the molecule is C[C@H](OC(=O)COc1ccc2ccccc2c1)C(=O)c1c[nH]c2ccccc12. The van der Waals surface area contributed by atoms with Crippen LogP contribution in [0.4, 0.5) is 0 Å². The Morgan fingerprint density at radius 3 is 2.57 bits per heavy atom. The quantitative estimate of drug-likeness (QED) is 0.399. The Kier molecular flexibility index (Phi) is 4.81. The van der Waals surface area contributed by atoms with Gasteiger partial charge >= 0.3 is 5.97 Å². The summed E-state index contributed by atoms with van der Waals surface area (Å²) in [4.78, 5) is 27.8. The average Bonchev–Trinajstić information content (AvgIpc) is 3.15. The lowest BCUT2D eigenvalue weighted by Crippen LogP contribution is -2.27. The van der Waals surface area contributed by atoms with Crippen molar-refractivity contribution < 1.29 is 19.1 Å². The third-order valence-corrected chi connectivity index (χ3v) is 4.61. The first kappa shape index (κ1) is 17.8. The molecule has 0 radical (unpaired) electrons. The Bertz CT molecular complexity index is 1160. The number of hydrogen-bond donors (Lipinski definition) is 1. The number of aromatic amines is 1. The van der Waals surface area contributed by atoms with Gasteiger partial charge in [-0.2, -0.15) is 0 Å². The minimum absolute atomic E-state index is 0.253. The Hall–Kier alpha value is -3.60. The predicted octanol–water partition coefficient (Wildman–Crippen LogP) is 4.51. The first-order valence-corrected chi connectivity index (χ1v) is 9.03. The van der Waals surface area contributed by atoms with Crippen molar-refractivity contribution >= 4 is 33.4 Å². The number of H-pyrrole nitrogens is 1. The number of benzene rings is 3. The van der Waals surface area contributed by atoms with Gasteiger partial charge in [-0.3, -0.25) is 4.79 Å². The summed E-state index contributed by atoms with van der Waals surface area (Å²) in [6.07, 6.45) is 0.745. The Morgan fingerprint density at radius 2 is 1.71 bits per heavy atom. The monoisotopic (exact) mass is 373 g/mol. The zero-order valence-electron chi connectivity index (χ0n) is 15.3. The van der Waals surface area contributed by atoms with Crippen LogP contribution in [0.1, 0.15) is 17.3 Å². The molecule has 1 heterocycles. The molecule has 0 aliphatic rings. The maximum absolute atomic E-state index is 12.6. The van der Waals surface area contributed by atoms with E-state index < -0.39 is 12.1 Å². The highest BCUT2D eigenvalue weighted by atomic mass is 16.6. The van der Waals surface area contributed by atoms with E-state index in [-0.39, 0.29) is 12.4 Å². The number of hydrogen-bond acceptors (Lipinski definition) is 4. The van der Waals surface area contributed by atoms with Crippen LogP contribution in [-0.2, 0) is 9.53 Å². The smallest absolute Gasteiger partial charge is 0.344 e. The average molecular weight is 373 g/mol. The van der Waals surface area contributed by atoms with E-state index >= 15 is 0 Å². The Morgan fingerprint density at radius 1 is 0.964 bits per heavy atom. The van der Waals surface area contributed by atoms with Crippen LogP contribution in [0.2, 0.25) is 0 Å². The van der Waals surface area contributed by atoms with Gasteiger partial charge in [0.25, 0.3) is 0 Å². The molecule has 5 nitrogen and oxygen atoms in total. The molecule has 0 saturated carbocycles. The van der Waals surface area contributed by atoms with Crippen molar-refractivity contribution in [1.82, 2.24) is 4.98 Å². The molecule has 1 aromatic heterocycles. The molecule has 0 aliphatic heterocycles. The molecule has 140 valence electrons. The summed E-state index contributed by atoms with van der Waals surface area (Å²) < 4.78 is 10.8. The number of Topliss-reactive ketones (excluding diaryl/α,β-unsaturated/α-hetero) is 1. The highest BCUT2D eigenvalue weighted by Crippen LogP contribution is 2.21. The lowest BCUT2D eigenvalue weighted by molar-refractivity contribution is -0.148. The summed E-state index contributed by atoms with van der Waals surface area (Å²) in [6, 6.07) is 21.0. The molecule has 0 aliphatic carbocycles. The van der Waals surface area contributed by atoms with Crippen LogP contribution in [0.5, 0.6) is 5.75 Å². The molecule has 0 amide bonds. The highest BCUT2D eigenvalue weighted by Gasteiger charge is 2.22. The predicted molar refractivity (Wildman–Crippen MR) is 108 cm³/mol. The van der Waals surface area contributed by atoms with Crippen LogP contribution in [0.25, 0.3) is 21.7 Å². The van der Waals surface area contributed by atoms with Gasteiger partial charge in [0, 0.05) is 22.7 Å². The van der Waals surface area contributed by atoms with Crippen molar-refractivity contribution in [3.8, 4) is 5.75 Å². The number of ether oxygens (including phenoxy) is 2. The first-order valence-electron chi connectivity index (χ1n) is 9.03. The standard InChI is InChI=1S/C23H19NO4/c1-15(23(26)20-13-24-21-9-5-4-8-19(20)21)28-22(25)14-27-18-11-10-16-6-2-3-7-17(16)12-18/h2-13,15,24H,14H2,1H3/t15-/m0/s1. The van der Waals surface area contributed by atoms with Gasteiger partial charge in [0.15, 0.2) is 12.7 Å². The zero-order valence-corrected chi connectivity index (χ0v) is 15.3. The van der Waals surface area contributed by atoms with Gasteiger partial charge in [-0.1, -0.05) is 48.5 Å². The maximum Gasteiger partial charge on any atom is 0.344 e. The van der Waals surface area contributed by atoms with Crippen molar-refractivity contribution in [1.29, 1.82) is 0 Å². The molecule has 3 aromatic carbocycles. The minimum atomic E-state index is -0.896. The number of nitrogens with one attached hydrogen (secondary N) is 1. The molecule has 0 bridgehead atoms. The van der Waals surface area contributed by atoms with Gasteiger partial charge in [0.2, 0.25) is 5.78 Å². The van der Waals surface area contributed by atoms with Gasteiger partial charge in [0.1, 0.15) is 5.75 Å². The Balaban J connectivity index is 1.38. The molecule has 0 unspecified atom stereocenters. The summed E-state index contributed by atoms with van der Waals surface area (Å²) in [5.74, 6) is -0.267. The van der Waals surface area contributed by atoms with E-state index in [1.807, 2.05) is 60.7 Å². The summed E-state index contributed by atoms with van der Waals surface area (Å²) in [7, 11) is 0. The lowest BCUT2D eigenvalue weighted by atomic mass is 10.1. The maximum atomic E-state index is 12.6. The number of fused-ring (bicyclic) bond motifs is 2. The van der Waals surface area contributed by atoms with E-state index in [0.29, 0.717) is 11.3 Å². The summed E-state index contributed by atoms with van der Waals surface area (Å²) in [6.45, 7) is 1.31. The van der Waals surface area contributed by atoms with Crippen LogP contribution in [0.15, 0.2) is 72.9 Å². The number of carbonyl (C=O) groups is 2. The van der Waals surface area contributed by atoms with Crippen molar-refractivity contribution in [3.05, 3.63) is 78.5 Å². The summed E-state index contributed by atoms with van der Waals surface area (Å²) in [5, 5.41) is 2.93. The van der Waals surface area contributed by atoms with Crippen LogP contribution >= 0.6 is 0 Å². The fraction of sp³-hybridized carbons (Fsp3) is 0.130. The molecule has 5 heteroatoms. The van der Waals surface area contributed by atoms with E-state index in [2.05, 4.69) is 4.98 Å². The molecule has 1 N–H and O–H groups in total. The van der Waals surface area contributed by atoms with E-state index in [4.69, 9.17) is 9.47 Å². The van der Waals surface area contributed by atoms with Gasteiger partial charge in [-0.15, -0.1) is 0 Å². The van der Waals surface area contributed by atoms with Crippen molar-refractivity contribution in [2.45, 2.75) is 13.0 Å². The second-order valence-electron chi connectivity index (χ2n) is 6.54. The van der Waals surface area contributed by atoms with Crippen LogP contribution in [-0.4, -0.2) is 29.4 Å². The van der Waals surface area contributed by atoms with Crippen LogP contribution in [0.3, 0.4) is 0 Å². The van der Waals surface area contributed by atoms with E-state index in [1.54, 1.807) is 19.2 Å². The molecule has 4 aromatic rings. The molecule has 0 fully saturated rings. The fourth-order valence-electron chi connectivity index (χ4n) is 3.18. The van der Waals surface area contributed by atoms with Crippen LogP contribution < -0.4 is 4.74 Å². The zero-order chi connectivity index (χ0) is 19.5. The van der Waals surface area contributed by atoms with Crippen molar-refractivity contribution in [3.63, 3.8) is 0 Å². The van der Waals surface area contributed by atoms with Crippen molar-refractivity contribution in [2.75, 3.05) is 6.61 Å². The molecule has 0 spiro atoms. The normalized spacial score (nSPS) is 12.0. The van der Waals surface area contributed by atoms with Gasteiger partial charge in [0.05, 0.1) is 0 Å². The molecule has 28 heavy (non-hydrogen) atoms. The van der Waals surface area contributed by atoms with E-state index in [1.165, 1.54) is 0 Å². The largest absolute Gasteiger partial charge is 0.482 e. The number of rotatable bonds is 6. The molecule has 1 atom stereocenters. The fourth-order valence-corrected chi connectivity index (χ4v) is 3.18. The molecule has 4 rings (SSSR count). The van der Waals surface area contributed by atoms with Crippen molar-refractivity contribution in [2.24, 2.45) is 0 Å². The third-order valence-electron chi connectivity index (χ3n) is 4.61. The first-order chi connectivity index (χ1) is 13.6. The summed E-state index contributed by atoms with van der Waals surface area (Å²) >= 11 is 0. The number of esters is 1. The lowest BCUT2D eigenvalue weighted by Gasteiger charge is -2.13. The third kappa shape index (κ3) is 3.60. The summed E-state index contributed by atoms with van der Waals surface area (Å²) in [5.41, 5.74) is 1.37. The topological polar surface area (TPSA) is 68.4 Å². The second-order valence-corrected chi connectivity index (χ2v) is 6.54. The molecular formula is C23H19NO4. The van der Waals surface area contributed by atoms with Gasteiger partial charge < -0.3 is 14.5 Å². The second kappa shape index (κ2) is 7.56. The molecule has 0 saturated heterocycles. The minimum Gasteiger partial charge on any atom is -0.482 e. The number of aromatic nitrogens is 1. The highest BCUT2D eigenvalue weighted by molar-refractivity contribution is 6.10. The van der Waals surface area contributed by atoms with Crippen LogP contribution in [0, 0.1) is 0 Å². The Labute approximate surface area is 161 Å². The van der Waals surface area contributed by atoms with Gasteiger partial charge in [-0.25, -0.2) is 4.79 Å². The molecular weight excluding hydrogens is 354 g/mol. The van der Waals surface area contributed by atoms with E-state index in [9.17, 15) is 9.59 Å². The number of para-hydroxylation sites is 1.